The van der Waals surface area contributed by atoms with Crippen LogP contribution in [0.4, 0.5) is 0 Å². The average Bonchev–Trinajstić information content (AvgIpc) is 3.73. The second kappa shape index (κ2) is 12.6. The first-order valence-electron chi connectivity index (χ1n) is 12.9. The van der Waals surface area contributed by atoms with Crippen molar-refractivity contribution in [1.82, 2.24) is 15.2 Å². The van der Waals surface area contributed by atoms with Crippen molar-refractivity contribution in [2.24, 2.45) is 5.92 Å². The Hall–Kier alpha value is -2.52. The predicted octanol–water partition coefficient (Wildman–Crippen LogP) is 2.67. The molecular weight excluding hydrogens is 458 g/mol. The molecule has 196 valence electrons. The number of carbonyl (C=O) groups is 1. The number of carbonyl (C=O) groups excluding carboxylic acids is 1. The number of nitrogens with one attached hydrogen (secondary N) is 1. The number of hydrogen-bond acceptors (Lipinski definition) is 7. The van der Waals surface area contributed by atoms with E-state index in [1.165, 1.54) is 0 Å². The predicted molar refractivity (Wildman–Crippen MR) is 137 cm³/mol. The van der Waals surface area contributed by atoms with Crippen LogP contribution in [0.5, 0.6) is 5.75 Å². The molecule has 1 aliphatic heterocycles. The van der Waals surface area contributed by atoms with Crippen molar-refractivity contribution in [3.8, 4) is 5.75 Å². The molecule has 0 bridgehead atoms. The smallest absolute Gasteiger partial charge is 0.230 e. The minimum atomic E-state index is -1.21. The maximum absolute atomic E-state index is 14.0. The summed E-state index contributed by atoms with van der Waals surface area (Å²) in [5.74, 6) is 0.222. The Morgan fingerprint density at radius 2 is 1.86 bits per heavy atom. The Kier molecular flexibility index (Phi) is 9.31. The molecule has 8 nitrogen and oxygen atoms in total. The van der Waals surface area contributed by atoms with Gasteiger partial charge in [0.15, 0.2) is 0 Å². The highest BCUT2D eigenvalue weighted by molar-refractivity contribution is 5.81. The van der Waals surface area contributed by atoms with Gasteiger partial charge in [-0.05, 0) is 79.6 Å². The number of aromatic nitrogens is 1. The lowest BCUT2D eigenvalue weighted by atomic mass is 9.76. The maximum Gasteiger partial charge on any atom is 0.230 e. The van der Waals surface area contributed by atoms with Crippen LogP contribution in [0.1, 0.15) is 42.4 Å². The third-order valence-corrected chi connectivity index (χ3v) is 7.11. The summed E-state index contributed by atoms with van der Waals surface area (Å²) in [6, 6.07) is 10.1. The van der Waals surface area contributed by atoms with E-state index in [4.69, 9.17) is 14.2 Å². The lowest BCUT2D eigenvalue weighted by Gasteiger charge is -2.42. The number of piperidine rings is 1. The van der Waals surface area contributed by atoms with Gasteiger partial charge in [-0.15, -0.1) is 0 Å². The van der Waals surface area contributed by atoms with Crippen LogP contribution in [0.2, 0.25) is 0 Å². The van der Waals surface area contributed by atoms with Crippen LogP contribution in [0.25, 0.3) is 0 Å². The zero-order chi connectivity index (χ0) is 25.4. The van der Waals surface area contributed by atoms with E-state index in [-0.39, 0.29) is 11.9 Å². The molecule has 2 fully saturated rings. The van der Waals surface area contributed by atoms with Gasteiger partial charge in [0.2, 0.25) is 5.91 Å². The van der Waals surface area contributed by atoms with Gasteiger partial charge < -0.3 is 29.5 Å². The van der Waals surface area contributed by atoms with Crippen LogP contribution in [0.15, 0.2) is 42.7 Å². The molecule has 2 aliphatic rings. The molecule has 2 heterocycles. The fourth-order valence-corrected chi connectivity index (χ4v) is 5.03. The van der Waals surface area contributed by atoms with Crippen molar-refractivity contribution in [2.45, 2.75) is 50.3 Å². The van der Waals surface area contributed by atoms with E-state index in [0.29, 0.717) is 45.9 Å². The number of benzene rings is 1. The van der Waals surface area contributed by atoms with E-state index in [2.05, 4.69) is 22.4 Å². The summed E-state index contributed by atoms with van der Waals surface area (Å²) in [5, 5.41) is 15.1. The molecule has 1 amide bonds. The minimum Gasteiger partial charge on any atom is -0.491 e. The van der Waals surface area contributed by atoms with E-state index in [9.17, 15) is 9.90 Å². The molecule has 0 unspecified atom stereocenters. The molecule has 8 heteroatoms. The van der Waals surface area contributed by atoms with Crippen LogP contribution < -0.4 is 10.1 Å². The summed E-state index contributed by atoms with van der Waals surface area (Å²) >= 11 is 0. The Labute approximate surface area is 214 Å². The minimum absolute atomic E-state index is 0.00403. The highest BCUT2D eigenvalue weighted by Gasteiger charge is 2.48. The van der Waals surface area contributed by atoms with Gasteiger partial charge >= 0.3 is 0 Å². The zero-order valence-electron chi connectivity index (χ0n) is 21.4. The standard InChI is InChI=1S/C28H39N3O5/c1-34-13-3-4-21-16-22(18-25(17-21)36-15-14-35-2)20-31(24-5-6-24)27(32)26-19-30-12-9-28(26,33)23-7-10-29-11-8-23/h7-8,10-11,16-18,24,26,30,33H,3-6,9,12-15,19-20H2,1-2H3/t26-,28+/m1/s1. The second-order valence-electron chi connectivity index (χ2n) is 9.79. The topological polar surface area (TPSA) is 93.2 Å². The van der Waals surface area contributed by atoms with Crippen molar-refractivity contribution in [1.29, 1.82) is 0 Å². The Morgan fingerprint density at radius 3 is 2.58 bits per heavy atom. The Bertz CT molecular complexity index is 956. The van der Waals surface area contributed by atoms with Crippen LogP contribution in [-0.4, -0.2) is 74.1 Å². The first kappa shape index (κ1) is 26.5. The van der Waals surface area contributed by atoms with Gasteiger partial charge in [0.25, 0.3) is 0 Å². The van der Waals surface area contributed by atoms with Gasteiger partial charge in [-0.25, -0.2) is 0 Å². The van der Waals surface area contributed by atoms with Crippen molar-refractivity contribution in [3.05, 3.63) is 59.4 Å². The quantitative estimate of drug-likeness (QED) is 0.411. The molecule has 1 saturated carbocycles. The number of methoxy groups -OCH3 is 2. The molecule has 1 aliphatic carbocycles. The third kappa shape index (κ3) is 6.62. The van der Waals surface area contributed by atoms with Crippen LogP contribution in [0.3, 0.4) is 0 Å². The summed E-state index contributed by atoms with van der Waals surface area (Å²) in [4.78, 5) is 20.1. The number of pyridine rings is 1. The van der Waals surface area contributed by atoms with Gasteiger partial charge in [0, 0.05) is 52.4 Å². The number of nitrogens with zero attached hydrogens (tertiary/aromatic N) is 2. The monoisotopic (exact) mass is 497 g/mol. The van der Waals surface area contributed by atoms with Gasteiger partial charge in [0.05, 0.1) is 12.5 Å². The SMILES string of the molecule is COCCCc1cc(CN(C(=O)[C@H]2CNCC[C@]2(O)c2ccncc2)C2CC2)cc(OCCOC)c1. The summed E-state index contributed by atoms with van der Waals surface area (Å²) in [6.07, 6.45) is 7.60. The van der Waals surface area contributed by atoms with Crippen LogP contribution in [0, 0.1) is 5.92 Å². The van der Waals surface area contributed by atoms with Gasteiger partial charge in [0.1, 0.15) is 18.0 Å². The lowest BCUT2D eigenvalue weighted by Crippen LogP contribution is -2.55. The number of amides is 1. The lowest BCUT2D eigenvalue weighted by molar-refractivity contribution is -0.150. The molecular formula is C28H39N3O5. The Morgan fingerprint density at radius 1 is 1.11 bits per heavy atom. The highest BCUT2D eigenvalue weighted by atomic mass is 16.5. The summed E-state index contributed by atoms with van der Waals surface area (Å²) in [7, 11) is 3.37. The maximum atomic E-state index is 14.0. The number of aryl methyl sites for hydroxylation is 1. The number of rotatable bonds is 13. The fourth-order valence-electron chi connectivity index (χ4n) is 5.03. The number of ether oxygens (including phenoxy) is 3. The molecule has 0 spiro atoms. The molecule has 0 radical (unpaired) electrons. The zero-order valence-corrected chi connectivity index (χ0v) is 21.4. The second-order valence-corrected chi connectivity index (χ2v) is 9.79. The molecule has 36 heavy (non-hydrogen) atoms. The molecule has 1 aromatic carbocycles. The van der Waals surface area contributed by atoms with E-state index >= 15 is 0 Å². The fraction of sp³-hybridized carbons (Fsp3) is 0.571. The molecule has 1 aromatic heterocycles. The van der Waals surface area contributed by atoms with Crippen LogP contribution >= 0.6 is 0 Å². The van der Waals surface area contributed by atoms with E-state index in [1.54, 1.807) is 26.6 Å². The van der Waals surface area contributed by atoms with E-state index < -0.39 is 11.5 Å². The molecule has 2 aromatic rings. The van der Waals surface area contributed by atoms with Crippen molar-refractivity contribution in [3.63, 3.8) is 0 Å². The van der Waals surface area contributed by atoms with Crippen LogP contribution in [-0.2, 0) is 32.8 Å². The Balaban J connectivity index is 1.56. The van der Waals surface area contributed by atoms with E-state index in [1.807, 2.05) is 23.1 Å². The van der Waals surface area contributed by atoms with Gasteiger partial charge in [-0.3, -0.25) is 9.78 Å². The highest BCUT2D eigenvalue weighted by Crippen LogP contribution is 2.39. The summed E-state index contributed by atoms with van der Waals surface area (Å²) in [5.41, 5.74) is 1.73. The first-order valence-corrected chi connectivity index (χ1v) is 12.9. The normalized spacial score (nSPS) is 21.8. The van der Waals surface area contributed by atoms with Crippen molar-refractivity contribution in [2.75, 3.05) is 47.1 Å². The van der Waals surface area contributed by atoms with Gasteiger partial charge in [-0.2, -0.15) is 0 Å². The van der Waals surface area contributed by atoms with Crippen molar-refractivity contribution >= 4 is 5.91 Å². The van der Waals surface area contributed by atoms with E-state index in [0.717, 1.165) is 48.1 Å². The average molecular weight is 498 g/mol. The van der Waals surface area contributed by atoms with Gasteiger partial charge in [-0.1, -0.05) is 6.07 Å². The largest absolute Gasteiger partial charge is 0.491 e. The first-order chi connectivity index (χ1) is 17.5. The molecule has 4 rings (SSSR count). The summed E-state index contributed by atoms with van der Waals surface area (Å²) < 4.78 is 16.3. The number of hydrogen-bond donors (Lipinski definition) is 2. The molecule has 1 saturated heterocycles. The summed E-state index contributed by atoms with van der Waals surface area (Å²) in [6.45, 7) is 3.28. The molecule has 2 atom stereocenters. The van der Waals surface area contributed by atoms with Crippen molar-refractivity contribution < 1.29 is 24.1 Å². The molecule has 2 N–H and O–H groups in total. The number of aliphatic hydroxyl groups is 1. The third-order valence-electron chi connectivity index (χ3n) is 7.11.